The fourth-order valence-electron chi connectivity index (χ4n) is 8.22. The molecule has 0 aromatic rings. The van der Waals surface area contributed by atoms with Crippen molar-refractivity contribution in [3.05, 3.63) is 0 Å². The van der Waals surface area contributed by atoms with Crippen LogP contribution in [0.5, 0.6) is 0 Å². The summed E-state index contributed by atoms with van der Waals surface area (Å²) in [6.45, 7) is 3.86. The lowest BCUT2D eigenvalue weighted by Gasteiger charge is -2.40. The van der Waals surface area contributed by atoms with Crippen molar-refractivity contribution in [3.8, 4) is 0 Å². The number of rotatable bonds is 42. The summed E-state index contributed by atoms with van der Waals surface area (Å²) in [5.41, 5.74) is 0. The highest BCUT2D eigenvalue weighted by Gasteiger charge is 2.44. The largest absolute Gasteiger partial charge is 0.394 e. The number of aliphatic hydroxyl groups is 5. The summed E-state index contributed by atoms with van der Waals surface area (Å²) in [6.07, 6.45) is 36.8. The highest BCUT2D eigenvalue weighted by molar-refractivity contribution is 5.76. The van der Waals surface area contributed by atoms with Gasteiger partial charge in [0.05, 0.1) is 25.4 Å². The first-order valence-electron chi connectivity index (χ1n) is 24.7. The van der Waals surface area contributed by atoms with Crippen LogP contribution in [0.3, 0.4) is 0 Å². The molecule has 0 aromatic heterocycles. The van der Waals surface area contributed by atoms with Crippen molar-refractivity contribution in [2.24, 2.45) is 0 Å². The molecule has 7 atom stereocenters. The highest BCUT2D eigenvalue weighted by atomic mass is 16.7. The van der Waals surface area contributed by atoms with Gasteiger partial charge in [-0.15, -0.1) is 0 Å². The third kappa shape index (κ3) is 30.0. The Balaban J connectivity index is 2.28. The van der Waals surface area contributed by atoms with Gasteiger partial charge in [0.15, 0.2) is 6.29 Å². The molecule has 57 heavy (non-hydrogen) atoms. The number of unbranched alkanes of at least 4 members (excludes halogenated alkanes) is 32. The molecule has 1 aliphatic heterocycles. The third-order valence-electron chi connectivity index (χ3n) is 12.2. The van der Waals surface area contributed by atoms with Crippen molar-refractivity contribution in [2.45, 2.75) is 288 Å². The molecule has 1 amide bonds. The maximum absolute atomic E-state index is 13.0. The number of carbonyl (C=O) groups is 1. The molecule has 1 aliphatic rings. The van der Waals surface area contributed by atoms with E-state index in [0.29, 0.717) is 12.8 Å². The predicted octanol–water partition coefficient (Wildman–Crippen LogP) is 10.7. The number of aliphatic hydroxyl groups excluding tert-OH is 5. The topological polar surface area (TPSA) is 149 Å². The molecule has 340 valence electrons. The Labute approximate surface area is 351 Å². The van der Waals surface area contributed by atoms with Gasteiger partial charge in [0.2, 0.25) is 5.91 Å². The molecule has 1 heterocycles. The molecule has 9 nitrogen and oxygen atoms in total. The fraction of sp³-hybridized carbons (Fsp3) is 0.979. The van der Waals surface area contributed by atoms with Gasteiger partial charge in [-0.3, -0.25) is 4.79 Å². The number of hydrogen-bond donors (Lipinski definition) is 6. The van der Waals surface area contributed by atoms with E-state index >= 15 is 0 Å². The second-order valence-electron chi connectivity index (χ2n) is 17.6. The summed E-state index contributed by atoms with van der Waals surface area (Å²) in [6, 6.07) is -0.711. The van der Waals surface area contributed by atoms with Crippen molar-refractivity contribution in [1.82, 2.24) is 5.32 Å². The zero-order valence-corrected chi connectivity index (χ0v) is 37.4. The zero-order valence-electron chi connectivity index (χ0n) is 37.4. The molecule has 0 aromatic carbocycles. The third-order valence-corrected chi connectivity index (χ3v) is 12.2. The van der Waals surface area contributed by atoms with Gasteiger partial charge < -0.3 is 40.3 Å². The standard InChI is InChI=1S/C48H95NO8/c1-3-5-7-9-11-13-15-17-19-21-22-24-26-28-30-32-34-36-38-44(52)49-41(40-56-48-47(55)46(54)45(53)43(39-50)57-48)42(51)37-35-33-31-29-27-25-23-20-18-16-14-12-10-8-6-4-2/h41-43,45-48,50-51,53-55H,3-40H2,1-2H3,(H,49,52)/t41-,42+,43-,45-,46?,47?,48-/m0/s1. The Kier molecular flexibility index (Phi) is 37.4. The highest BCUT2D eigenvalue weighted by Crippen LogP contribution is 2.23. The Morgan fingerprint density at radius 1 is 0.526 bits per heavy atom. The van der Waals surface area contributed by atoms with Gasteiger partial charge >= 0.3 is 0 Å². The molecule has 6 N–H and O–H groups in total. The van der Waals surface area contributed by atoms with Gasteiger partial charge in [0, 0.05) is 6.42 Å². The van der Waals surface area contributed by atoms with Crippen LogP contribution < -0.4 is 5.32 Å². The molecule has 0 aliphatic carbocycles. The van der Waals surface area contributed by atoms with Crippen LogP contribution in [0.4, 0.5) is 0 Å². The lowest BCUT2D eigenvalue weighted by molar-refractivity contribution is -0.302. The molecule has 1 saturated heterocycles. The Hall–Kier alpha value is -0.810. The van der Waals surface area contributed by atoms with Crippen LogP contribution in [0.1, 0.15) is 245 Å². The quantitative estimate of drug-likeness (QED) is 0.0334. The molecular weight excluding hydrogens is 719 g/mol. The van der Waals surface area contributed by atoms with Crippen LogP contribution in [-0.4, -0.2) is 87.5 Å². The monoisotopic (exact) mass is 814 g/mol. The van der Waals surface area contributed by atoms with Crippen molar-refractivity contribution in [3.63, 3.8) is 0 Å². The fourth-order valence-corrected chi connectivity index (χ4v) is 8.22. The van der Waals surface area contributed by atoms with Gasteiger partial charge in [-0.05, 0) is 12.8 Å². The van der Waals surface area contributed by atoms with E-state index in [1.165, 1.54) is 180 Å². The van der Waals surface area contributed by atoms with Gasteiger partial charge in [0.25, 0.3) is 0 Å². The average Bonchev–Trinajstić information content (AvgIpc) is 3.21. The first-order chi connectivity index (χ1) is 27.8. The lowest BCUT2D eigenvalue weighted by Crippen LogP contribution is -2.60. The molecule has 1 rings (SSSR count). The Bertz CT molecular complexity index is 862. The number of hydrogen-bond acceptors (Lipinski definition) is 8. The van der Waals surface area contributed by atoms with Crippen LogP contribution in [0, 0.1) is 0 Å². The zero-order chi connectivity index (χ0) is 41.6. The van der Waals surface area contributed by atoms with Crippen LogP contribution in [0.25, 0.3) is 0 Å². The maximum atomic E-state index is 13.0. The van der Waals surface area contributed by atoms with E-state index in [-0.39, 0.29) is 12.5 Å². The Morgan fingerprint density at radius 2 is 0.877 bits per heavy atom. The Morgan fingerprint density at radius 3 is 1.25 bits per heavy atom. The number of amides is 1. The molecule has 2 unspecified atom stereocenters. The van der Waals surface area contributed by atoms with Crippen molar-refractivity contribution in [2.75, 3.05) is 13.2 Å². The summed E-state index contributed by atoms with van der Waals surface area (Å²) in [7, 11) is 0. The minimum absolute atomic E-state index is 0.131. The minimum atomic E-state index is -1.55. The summed E-state index contributed by atoms with van der Waals surface area (Å²) >= 11 is 0. The summed E-state index contributed by atoms with van der Waals surface area (Å²) in [5.74, 6) is -0.139. The molecule has 0 spiro atoms. The van der Waals surface area contributed by atoms with Gasteiger partial charge in [-0.2, -0.15) is 0 Å². The summed E-state index contributed by atoms with van der Waals surface area (Å²) < 4.78 is 11.3. The van der Waals surface area contributed by atoms with Crippen LogP contribution in [0.15, 0.2) is 0 Å². The average molecular weight is 814 g/mol. The SMILES string of the molecule is CCCCCCCCCCCCCCCCCCCCC(=O)N[C@@H](CO[C@H]1O[C@@H](CO)[C@H](O)C(O)C1O)[C@H](O)CCCCCCCCCCCCCCCCCC. The van der Waals surface area contributed by atoms with Gasteiger partial charge in [-0.1, -0.05) is 226 Å². The molecule has 0 radical (unpaired) electrons. The predicted molar refractivity (Wildman–Crippen MR) is 235 cm³/mol. The van der Waals surface area contributed by atoms with Crippen molar-refractivity contribution in [1.29, 1.82) is 0 Å². The molecule has 0 saturated carbocycles. The van der Waals surface area contributed by atoms with E-state index < -0.39 is 49.5 Å². The first-order valence-corrected chi connectivity index (χ1v) is 24.7. The van der Waals surface area contributed by atoms with Crippen molar-refractivity contribution < 1.29 is 39.8 Å². The first kappa shape index (κ1) is 54.2. The number of nitrogens with one attached hydrogen (secondary N) is 1. The van der Waals surface area contributed by atoms with E-state index in [9.17, 15) is 30.3 Å². The molecule has 1 fully saturated rings. The molecule has 0 bridgehead atoms. The summed E-state index contributed by atoms with van der Waals surface area (Å²) in [5, 5.41) is 54.4. The second-order valence-corrected chi connectivity index (χ2v) is 17.6. The van der Waals surface area contributed by atoms with Crippen molar-refractivity contribution >= 4 is 5.91 Å². The van der Waals surface area contributed by atoms with E-state index in [0.717, 1.165) is 38.5 Å². The van der Waals surface area contributed by atoms with E-state index in [1.807, 2.05) is 0 Å². The number of carbonyl (C=O) groups excluding carboxylic acids is 1. The van der Waals surface area contributed by atoms with Crippen LogP contribution >= 0.6 is 0 Å². The van der Waals surface area contributed by atoms with Crippen LogP contribution in [-0.2, 0) is 14.3 Å². The van der Waals surface area contributed by atoms with E-state index in [4.69, 9.17) is 9.47 Å². The van der Waals surface area contributed by atoms with E-state index in [2.05, 4.69) is 19.2 Å². The van der Waals surface area contributed by atoms with Crippen LogP contribution in [0.2, 0.25) is 0 Å². The summed E-state index contributed by atoms with van der Waals surface area (Å²) in [4.78, 5) is 13.0. The van der Waals surface area contributed by atoms with Gasteiger partial charge in [0.1, 0.15) is 24.4 Å². The smallest absolute Gasteiger partial charge is 0.220 e. The maximum Gasteiger partial charge on any atom is 0.220 e. The minimum Gasteiger partial charge on any atom is -0.394 e. The molecular formula is C48H95NO8. The lowest BCUT2D eigenvalue weighted by atomic mass is 9.99. The molecule has 9 heteroatoms. The number of ether oxygens (including phenoxy) is 2. The second kappa shape index (κ2) is 39.3. The van der Waals surface area contributed by atoms with E-state index in [1.54, 1.807) is 0 Å². The normalized spacial score (nSPS) is 20.9. The van der Waals surface area contributed by atoms with Gasteiger partial charge in [-0.25, -0.2) is 0 Å².